The van der Waals surface area contributed by atoms with E-state index in [0.717, 1.165) is 0 Å². The van der Waals surface area contributed by atoms with E-state index >= 15 is 0 Å². The predicted molar refractivity (Wildman–Crippen MR) is 82.9 cm³/mol. The molecule has 1 aromatic carbocycles. The molecule has 1 aliphatic heterocycles. The van der Waals surface area contributed by atoms with E-state index in [2.05, 4.69) is 17.2 Å². The maximum atomic E-state index is 12.3. The lowest BCUT2D eigenvalue weighted by Crippen LogP contribution is -2.45. The van der Waals surface area contributed by atoms with Crippen molar-refractivity contribution in [2.24, 2.45) is 0 Å². The van der Waals surface area contributed by atoms with Gasteiger partial charge in [0.25, 0.3) is 0 Å². The van der Waals surface area contributed by atoms with Gasteiger partial charge in [-0.2, -0.15) is 0 Å². The molecule has 1 aliphatic rings. The second-order valence-electron chi connectivity index (χ2n) is 4.89. The van der Waals surface area contributed by atoms with Gasteiger partial charge in [-0.05, 0) is 24.6 Å². The summed E-state index contributed by atoms with van der Waals surface area (Å²) < 4.78 is 10.1. The number of amides is 2. The summed E-state index contributed by atoms with van der Waals surface area (Å²) in [5.74, 6) is -0.355. The van der Waals surface area contributed by atoms with Gasteiger partial charge in [0.1, 0.15) is 6.61 Å². The van der Waals surface area contributed by atoms with Gasteiger partial charge in [-0.3, -0.25) is 0 Å². The lowest BCUT2D eigenvalue weighted by molar-refractivity contribution is -0.138. The third-order valence-corrected chi connectivity index (χ3v) is 3.36. The summed E-state index contributed by atoms with van der Waals surface area (Å²) in [5, 5.41) is 14.9. The number of hydrogen-bond acceptors (Lipinski definition) is 5. The van der Waals surface area contributed by atoms with Gasteiger partial charge in [0.05, 0.1) is 18.7 Å². The molecule has 7 heteroatoms. The van der Waals surface area contributed by atoms with Crippen molar-refractivity contribution in [1.29, 1.82) is 0 Å². The van der Waals surface area contributed by atoms with Gasteiger partial charge in [-0.15, -0.1) is 0 Å². The van der Waals surface area contributed by atoms with Gasteiger partial charge in [0.15, 0.2) is 11.5 Å². The van der Waals surface area contributed by atoms with Crippen LogP contribution >= 0.6 is 0 Å². The van der Waals surface area contributed by atoms with E-state index in [0.29, 0.717) is 11.3 Å². The summed E-state index contributed by atoms with van der Waals surface area (Å²) in [5.41, 5.74) is 1.26. The van der Waals surface area contributed by atoms with E-state index in [9.17, 15) is 14.7 Å². The van der Waals surface area contributed by atoms with Gasteiger partial charge in [0.2, 0.25) is 0 Å². The number of carbonyl (C=O) groups excluding carboxylic acids is 2. The molecule has 122 valence electrons. The lowest BCUT2D eigenvalue weighted by Gasteiger charge is -2.28. The number of phenols is 1. The second-order valence-corrected chi connectivity index (χ2v) is 4.89. The number of urea groups is 1. The minimum Gasteiger partial charge on any atom is -0.504 e. The molecule has 0 aliphatic carbocycles. The smallest absolute Gasteiger partial charge is 0.338 e. The van der Waals surface area contributed by atoms with E-state index in [1.807, 2.05) is 0 Å². The molecule has 7 nitrogen and oxygen atoms in total. The maximum Gasteiger partial charge on any atom is 0.338 e. The Hall–Kier alpha value is -2.96. The molecular formula is C16H18N2O5. The molecule has 1 aromatic rings. The van der Waals surface area contributed by atoms with Crippen LogP contribution in [-0.2, 0) is 9.53 Å². The Labute approximate surface area is 133 Å². The molecule has 0 unspecified atom stereocenters. The second kappa shape index (κ2) is 6.87. The summed E-state index contributed by atoms with van der Waals surface area (Å²) in [6, 6.07) is 3.45. The van der Waals surface area contributed by atoms with Crippen LogP contribution in [0.5, 0.6) is 11.5 Å². The number of allylic oxidation sites excluding steroid dienone is 1. The first kappa shape index (κ1) is 16.4. The Balaban J connectivity index is 2.44. The van der Waals surface area contributed by atoms with Crippen LogP contribution in [0, 0.1) is 0 Å². The summed E-state index contributed by atoms with van der Waals surface area (Å²) >= 11 is 0. The fourth-order valence-electron chi connectivity index (χ4n) is 2.30. The first-order valence-electron chi connectivity index (χ1n) is 6.91. The van der Waals surface area contributed by atoms with Crippen LogP contribution in [0.3, 0.4) is 0 Å². The number of carbonyl (C=O) groups is 2. The highest BCUT2D eigenvalue weighted by atomic mass is 16.5. The Kier molecular flexibility index (Phi) is 4.90. The van der Waals surface area contributed by atoms with E-state index in [1.165, 1.54) is 19.3 Å². The number of benzene rings is 1. The van der Waals surface area contributed by atoms with Crippen molar-refractivity contribution < 1.29 is 24.2 Å². The average Bonchev–Trinajstić information content (AvgIpc) is 2.52. The number of nitrogens with one attached hydrogen (secondary N) is 2. The van der Waals surface area contributed by atoms with Crippen molar-refractivity contribution in [3.63, 3.8) is 0 Å². The third kappa shape index (κ3) is 3.45. The molecule has 0 saturated heterocycles. The molecule has 0 saturated carbocycles. The molecule has 0 aromatic heterocycles. The van der Waals surface area contributed by atoms with Gasteiger partial charge in [-0.25, -0.2) is 9.59 Å². The summed E-state index contributed by atoms with van der Waals surface area (Å²) in [7, 11) is 1.42. The van der Waals surface area contributed by atoms with Crippen molar-refractivity contribution in [2.45, 2.75) is 13.0 Å². The predicted octanol–water partition coefficient (Wildman–Crippen LogP) is 1.76. The van der Waals surface area contributed by atoms with Gasteiger partial charge in [-0.1, -0.05) is 18.7 Å². The number of esters is 1. The van der Waals surface area contributed by atoms with Crippen molar-refractivity contribution in [3.05, 3.63) is 47.7 Å². The van der Waals surface area contributed by atoms with Crippen LogP contribution in [0.1, 0.15) is 18.5 Å². The zero-order valence-corrected chi connectivity index (χ0v) is 12.9. The number of hydrogen-bond donors (Lipinski definition) is 3. The standard InChI is InChI=1S/C16H18N2O5/c1-4-7-23-15(20)13-9(2)17-16(21)18-14(13)10-5-6-11(19)12(8-10)22-3/h4-6,8,14,19H,1,7H2,2-3H3,(H2,17,18,21)/t14-/m0/s1. The summed E-state index contributed by atoms with van der Waals surface area (Å²) in [6.45, 7) is 5.18. The highest BCUT2D eigenvalue weighted by Gasteiger charge is 2.32. The molecule has 2 amide bonds. The highest BCUT2D eigenvalue weighted by molar-refractivity contribution is 5.95. The normalized spacial score (nSPS) is 17.1. The van der Waals surface area contributed by atoms with Crippen LogP contribution in [0.25, 0.3) is 0 Å². The monoisotopic (exact) mass is 318 g/mol. The fourth-order valence-corrected chi connectivity index (χ4v) is 2.30. The van der Waals surface area contributed by atoms with Crippen molar-refractivity contribution >= 4 is 12.0 Å². The van der Waals surface area contributed by atoms with Crippen LogP contribution in [-0.4, -0.2) is 30.8 Å². The van der Waals surface area contributed by atoms with Crippen molar-refractivity contribution in [3.8, 4) is 11.5 Å². The van der Waals surface area contributed by atoms with Crippen molar-refractivity contribution in [1.82, 2.24) is 10.6 Å². The Morgan fingerprint density at radius 2 is 2.22 bits per heavy atom. The third-order valence-electron chi connectivity index (χ3n) is 3.36. The molecule has 0 spiro atoms. The SMILES string of the molecule is C=CCOC(=O)C1=C(C)NC(=O)N[C@H]1c1ccc(O)c(OC)c1. The van der Waals surface area contributed by atoms with Gasteiger partial charge >= 0.3 is 12.0 Å². The topological polar surface area (TPSA) is 96.9 Å². The first-order valence-corrected chi connectivity index (χ1v) is 6.91. The maximum absolute atomic E-state index is 12.3. The Morgan fingerprint density at radius 3 is 2.87 bits per heavy atom. The van der Waals surface area contributed by atoms with Crippen molar-refractivity contribution in [2.75, 3.05) is 13.7 Å². The number of methoxy groups -OCH3 is 1. The molecule has 2 rings (SSSR count). The van der Waals surface area contributed by atoms with Crippen LogP contribution in [0.15, 0.2) is 42.1 Å². The van der Waals surface area contributed by atoms with Gasteiger partial charge < -0.3 is 25.2 Å². The zero-order chi connectivity index (χ0) is 17.0. The van der Waals surface area contributed by atoms with Crippen LogP contribution in [0.2, 0.25) is 0 Å². The van der Waals surface area contributed by atoms with Crippen LogP contribution < -0.4 is 15.4 Å². The lowest BCUT2D eigenvalue weighted by atomic mass is 9.95. The molecule has 3 N–H and O–H groups in total. The molecular weight excluding hydrogens is 300 g/mol. The van der Waals surface area contributed by atoms with Crippen LogP contribution in [0.4, 0.5) is 4.79 Å². The Morgan fingerprint density at radius 1 is 1.48 bits per heavy atom. The van der Waals surface area contributed by atoms with E-state index in [-0.39, 0.29) is 23.7 Å². The largest absolute Gasteiger partial charge is 0.504 e. The number of phenolic OH excluding ortho intramolecular Hbond substituents is 1. The molecule has 0 bridgehead atoms. The average molecular weight is 318 g/mol. The minimum absolute atomic E-state index is 0.0343. The Bertz CT molecular complexity index is 681. The highest BCUT2D eigenvalue weighted by Crippen LogP contribution is 2.33. The quantitative estimate of drug-likeness (QED) is 0.568. The van der Waals surface area contributed by atoms with E-state index in [1.54, 1.807) is 19.1 Å². The summed E-state index contributed by atoms with van der Waals surface area (Å²) in [4.78, 5) is 24.0. The number of ether oxygens (including phenoxy) is 2. The molecule has 23 heavy (non-hydrogen) atoms. The minimum atomic E-state index is -0.712. The fraction of sp³-hybridized carbons (Fsp3) is 0.250. The number of aromatic hydroxyl groups is 1. The molecule has 0 radical (unpaired) electrons. The van der Waals surface area contributed by atoms with Gasteiger partial charge in [0, 0.05) is 5.70 Å². The van der Waals surface area contributed by atoms with E-state index in [4.69, 9.17) is 9.47 Å². The summed E-state index contributed by atoms with van der Waals surface area (Å²) in [6.07, 6.45) is 1.46. The van der Waals surface area contributed by atoms with E-state index < -0.39 is 18.0 Å². The molecule has 0 fully saturated rings. The first-order chi connectivity index (χ1) is 11.0. The molecule has 1 heterocycles. The zero-order valence-electron chi connectivity index (χ0n) is 12.9. The number of rotatable bonds is 5. The molecule has 1 atom stereocenters.